The van der Waals surface area contributed by atoms with Crippen LogP contribution in [-0.4, -0.2) is 9.97 Å². The van der Waals surface area contributed by atoms with Gasteiger partial charge in [0.15, 0.2) is 0 Å². The number of hydrogen-bond donors (Lipinski definition) is 1. The van der Waals surface area contributed by atoms with E-state index in [0.717, 1.165) is 10.0 Å². The molecule has 0 saturated carbocycles. The highest BCUT2D eigenvalue weighted by atomic mass is 79.9. The first kappa shape index (κ1) is 12.1. The standard InChI is InChI=1S/C11H9BrClN3O/c1-6-4-7(12)2-3-9(6)17-10-8(14)5-15-11(13)16-10/h2-5H,14H2,1H3. The summed E-state index contributed by atoms with van der Waals surface area (Å²) in [4.78, 5) is 7.69. The van der Waals surface area contributed by atoms with E-state index in [9.17, 15) is 0 Å². The average Bonchev–Trinajstić information content (AvgIpc) is 2.27. The molecule has 6 heteroatoms. The van der Waals surface area contributed by atoms with Crippen molar-refractivity contribution < 1.29 is 4.74 Å². The first-order valence-corrected chi connectivity index (χ1v) is 5.95. The molecule has 0 radical (unpaired) electrons. The molecule has 0 bridgehead atoms. The van der Waals surface area contributed by atoms with Crippen molar-refractivity contribution in [1.82, 2.24) is 9.97 Å². The number of hydrogen-bond acceptors (Lipinski definition) is 4. The van der Waals surface area contributed by atoms with E-state index in [-0.39, 0.29) is 11.2 Å². The Balaban J connectivity index is 2.34. The van der Waals surface area contributed by atoms with Crippen LogP contribution in [0.5, 0.6) is 11.6 Å². The minimum Gasteiger partial charge on any atom is -0.437 e. The number of halogens is 2. The van der Waals surface area contributed by atoms with Crippen LogP contribution >= 0.6 is 27.5 Å². The smallest absolute Gasteiger partial charge is 0.247 e. The van der Waals surface area contributed by atoms with Crippen LogP contribution in [-0.2, 0) is 0 Å². The lowest BCUT2D eigenvalue weighted by molar-refractivity contribution is 0.461. The Hall–Kier alpha value is -1.33. The fourth-order valence-electron chi connectivity index (χ4n) is 1.27. The minimum atomic E-state index is 0.101. The van der Waals surface area contributed by atoms with Crippen molar-refractivity contribution in [3.05, 3.63) is 39.7 Å². The minimum absolute atomic E-state index is 0.101. The number of nitrogen functional groups attached to an aromatic ring is 1. The Morgan fingerprint density at radius 2 is 2.18 bits per heavy atom. The predicted octanol–water partition coefficient (Wildman–Crippen LogP) is 3.58. The Morgan fingerprint density at radius 3 is 2.88 bits per heavy atom. The molecule has 1 aromatic carbocycles. The van der Waals surface area contributed by atoms with Gasteiger partial charge in [0.2, 0.25) is 11.2 Å². The molecule has 0 fully saturated rings. The Kier molecular flexibility index (Phi) is 3.49. The van der Waals surface area contributed by atoms with Crippen molar-refractivity contribution in [2.45, 2.75) is 6.92 Å². The zero-order chi connectivity index (χ0) is 12.4. The van der Waals surface area contributed by atoms with Gasteiger partial charge in [0.1, 0.15) is 11.4 Å². The van der Waals surface area contributed by atoms with E-state index in [0.29, 0.717) is 11.4 Å². The van der Waals surface area contributed by atoms with E-state index in [1.807, 2.05) is 25.1 Å². The van der Waals surface area contributed by atoms with Gasteiger partial charge in [0.25, 0.3) is 0 Å². The summed E-state index contributed by atoms with van der Waals surface area (Å²) in [6, 6.07) is 5.64. The number of nitrogens with zero attached hydrogens (tertiary/aromatic N) is 2. The van der Waals surface area contributed by atoms with Crippen molar-refractivity contribution >= 4 is 33.2 Å². The normalized spacial score (nSPS) is 10.3. The molecule has 1 heterocycles. The molecule has 2 N–H and O–H groups in total. The van der Waals surface area contributed by atoms with Crippen LogP contribution in [0.15, 0.2) is 28.9 Å². The second kappa shape index (κ2) is 4.89. The first-order chi connectivity index (χ1) is 8.06. The van der Waals surface area contributed by atoms with Gasteiger partial charge in [-0.2, -0.15) is 4.98 Å². The second-order valence-corrected chi connectivity index (χ2v) is 4.67. The summed E-state index contributed by atoms with van der Waals surface area (Å²) >= 11 is 9.06. The molecule has 88 valence electrons. The van der Waals surface area contributed by atoms with Gasteiger partial charge in [-0.1, -0.05) is 15.9 Å². The molecule has 4 nitrogen and oxygen atoms in total. The van der Waals surface area contributed by atoms with Crippen molar-refractivity contribution in [3.63, 3.8) is 0 Å². The van der Waals surface area contributed by atoms with Gasteiger partial charge in [0.05, 0.1) is 6.20 Å². The van der Waals surface area contributed by atoms with E-state index in [4.69, 9.17) is 22.1 Å². The number of ether oxygens (including phenoxy) is 1. The molecule has 17 heavy (non-hydrogen) atoms. The molecule has 2 aromatic rings. The molecular formula is C11H9BrClN3O. The zero-order valence-electron chi connectivity index (χ0n) is 8.95. The van der Waals surface area contributed by atoms with Gasteiger partial charge in [-0.3, -0.25) is 0 Å². The van der Waals surface area contributed by atoms with Gasteiger partial charge >= 0.3 is 0 Å². The number of rotatable bonds is 2. The van der Waals surface area contributed by atoms with Gasteiger partial charge in [-0.15, -0.1) is 0 Å². The third-order valence-electron chi connectivity index (χ3n) is 2.09. The molecular weight excluding hydrogens is 305 g/mol. The molecule has 1 aromatic heterocycles. The van der Waals surface area contributed by atoms with Crippen LogP contribution in [0.4, 0.5) is 5.69 Å². The SMILES string of the molecule is Cc1cc(Br)ccc1Oc1nc(Cl)ncc1N. The van der Waals surface area contributed by atoms with Gasteiger partial charge < -0.3 is 10.5 Å². The highest BCUT2D eigenvalue weighted by molar-refractivity contribution is 9.10. The summed E-state index contributed by atoms with van der Waals surface area (Å²) in [5.74, 6) is 0.935. The Bertz CT molecular complexity index is 562. The number of nitrogens with two attached hydrogens (primary N) is 1. The number of benzene rings is 1. The lowest BCUT2D eigenvalue weighted by Crippen LogP contribution is -1.97. The topological polar surface area (TPSA) is 61.0 Å². The van der Waals surface area contributed by atoms with Crippen molar-refractivity contribution in [1.29, 1.82) is 0 Å². The lowest BCUT2D eigenvalue weighted by Gasteiger charge is -2.09. The Morgan fingerprint density at radius 1 is 1.41 bits per heavy atom. The highest BCUT2D eigenvalue weighted by Crippen LogP contribution is 2.29. The van der Waals surface area contributed by atoms with Gasteiger partial charge in [-0.25, -0.2) is 4.98 Å². The summed E-state index contributed by atoms with van der Waals surface area (Å²) < 4.78 is 6.58. The maximum absolute atomic E-state index is 5.70. The molecule has 0 atom stereocenters. The molecule has 0 aliphatic carbocycles. The highest BCUT2D eigenvalue weighted by Gasteiger charge is 2.08. The second-order valence-electron chi connectivity index (χ2n) is 3.41. The van der Waals surface area contributed by atoms with E-state index < -0.39 is 0 Å². The third kappa shape index (κ3) is 2.87. The maximum atomic E-state index is 5.70. The molecule has 0 saturated heterocycles. The van der Waals surface area contributed by atoms with Crippen LogP contribution in [0, 0.1) is 6.92 Å². The zero-order valence-corrected chi connectivity index (χ0v) is 11.3. The van der Waals surface area contributed by atoms with E-state index in [1.54, 1.807) is 0 Å². The average molecular weight is 315 g/mol. The molecule has 2 rings (SSSR count). The molecule has 0 amide bonds. The first-order valence-electron chi connectivity index (χ1n) is 4.78. The van der Waals surface area contributed by atoms with Crippen LogP contribution in [0.1, 0.15) is 5.56 Å². The summed E-state index contributed by atoms with van der Waals surface area (Å²) in [6.07, 6.45) is 1.42. The van der Waals surface area contributed by atoms with E-state index in [1.165, 1.54) is 6.20 Å². The maximum Gasteiger partial charge on any atom is 0.247 e. The number of anilines is 1. The summed E-state index contributed by atoms with van der Waals surface area (Å²) in [5, 5.41) is 0.101. The van der Waals surface area contributed by atoms with E-state index >= 15 is 0 Å². The van der Waals surface area contributed by atoms with Crippen molar-refractivity contribution in [2.75, 3.05) is 5.73 Å². The summed E-state index contributed by atoms with van der Waals surface area (Å²) in [7, 11) is 0. The van der Waals surface area contributed by atoms with Crippen molar-refractivity contribution in [3.8, 4) is 11.6 Å². The van der Waals surface area contributed by atoms with Gasteiger partial charge in [-0.05, 0) is 42.3 Å². The fourth-order valence-corrected chi connectivity index (χ4v) is 1.87. The van der Waals surface area contributed by atoms with Gasteiger partial charge in [0, 0.05) is 4.47 Å². The molecule has 0 aliphatic rings. The molecule has 0 spiro atoms. The van der Waals surface area contributed by atoms with Crippen LogP contribution in [0.2, 0.25) is 5.28 Å². The quantitative estimate of drug-likeness (QED) is 0.861. The van der Waals surface area contributed by atoms with Crippen molar-refractivity contribution in [2.24, 2.45) is 0 Å². The number of aryl methyl sites for hydroxylation is 1. The van der Waals surface area contributed by atoms with Crippen LogP contribution in [0.3, 0.4) is 0 Å². The summed E-state index contributed by atoms with van der Waals surface area (Å²) in [6.45, 7) is 1.93. The molecule has 0 aliphatic heterocycles. The van der Waals surface area contributed by atoms with Crippen LogP contribution in [0.25, 0.3) is 0 Å². The largest absolute Gasteiger partial charge is 0.437 e. The number of aromatic nitrogens is 2. The lowest BCUT2D eigenvalue weighted by atomic mass is 10.2. The monoisotopic (exact) mass is 313 g/mol. The van der Waals surface area contributed by atoms with E-state index in [2.05, 4.69) is 25.9 Å². The predicted molar refractivity (Wildman–Crippen MR) is 70.4 cm³/mol. The fraction of sp³-hybridized carbons (Fsp3) is 0.0909. The third-order valence-corrected chi connectivity index (χ3v) is 2.77. The van der Waals surface area contributed by atoms with Crippen LogP contribution < -0.4 is 10.5 Å². The molecule has 0 unspecified atom stereocenters. The Labute approximate surface area is 112 Å². The summed E-state index contributed by atoms with van der Waals surface area (Å²) in [5.41, 5.74) is 7.01.